The molecule has 1 heterocycles. The van der Waals surface area contributed by atoms with Crippen LogP contribution < -0.4 is 0 Å². The number of benzene rings is 2. The van der Waals surface area contributed by atoms with Crippen LogP contribution in [0.5, 0.6) is 0 Å². The van der Waals surface area contributed by atoms with Gasteiger partial charge in [-0.1, -0.05) is 54.6 Å². The van der Waals surface area contributed by atoms with Crippen molar-refractivity contribution in [3.05, 3.63) is 71.3 Å². The molecule has 0 aliphatic carbocycles. The molecular formula is C19H21NO2. The lowest BCUT2D eigenvalue weighted by Gasteiger charge is -2.22. The summed E-state index contributed by atoms with van der Waals surface area (Å²) in [6.45, 7) is 1.41. The van der Waals surface area contributed by atoms with Crippen molar-refractivity contribution in [1.82, 2.24) is 4.90 Å². The molecular weight excluding hydrogens is 274 g/mol. The van der Waals surface area contributed by atoms with Crippen molar-refractivity contribution in [1.29, 1.82) is 0 Å². The molecule has 2 aromatic carbocycles. The van der Waals surface area contributed by atoms with Crippen LogP contribution >= 0.6 is 0 Å². The fourth-order valence-electron chi connectivity index (χ4n) is 3.00. The number of aliphatic hydroxyl groups excluding tert-OH is 1. The van der Waals surface area contributed by atoms with E-state index in [0.717, 1.165) is 24.9 Å². The van der Waals surface area contributed by atoms with E-state index >= 15 is 0 Å². The van der Waals surface area contributed by atoms with Gasteiger partial charge in [0.15, 0.2) is 0 Å². The fourth-order valence-corrected chi connectivity index (χ4v) is 3.00. The van der Waals surface area contributed by atoms with Crippen LogP contribution in [-0.4, -0.2) is 22.5 Å². The van der Waals surface area contributed by atoms with Crippen LogP contribution in [0.4, 0.5) is 0 Å². The Labute approximate surface area is 131 Å². The SMILES string of the molecule is O=C(CC(O)c1ccccc1)N1CCCc2ccccc2C1. The molecule has 3 rings (SSSR count). The first kappa shape index (κ1) is 14.8. The Kier molecular flexibility index (Phi) is 4.54. The monoisotopic (exact) mass is 295 g/mol. The number of nitrogens with zero attached hydrogens (tertiary/aromatic N) is 1. The van der Waals surface area contributed by atoms with Crippen LogP contribution in [0.3, 0.4) is 0 Å². The zero-order valence-corrected chi connectivity index (χ0v) is 12.6. The van der Waals surface area contributed by atoms with E-state index in [1.807, 2.05) is 41.3 Å². The van der Waals surface area contributed by atoms with Gasteiger partial charge in [-0.3, -0.25) is 4.79 Å². The van der Waals surface area contributed by atoms with E-state index in [9.17, 15) is 9.90 Å². The van der Waals surface area contributed by atoms with Gasteiger partial charge in [-0.2, -0.15) is 0 Å². The first-order chi connectivity index (χ1) is 10.7. The zero-order chi connectivity index (χ0) is 15.4. The van der Waals surface area contributed by atoms with Crippen LogP contribution in [-0.2, 0) is 17.8 Å². The Morgan fingerprint density at radius 3 is 2.50 bits per heavy atom. The summed E-state index contributed by atoms with van der Waals surface area (Å²) in [6.07, 6.45) is 1.41. The molecule has 1 aliphatic heterocycles. The maximum absolute atomic E-state index is 12.5. The number of rotatable bonds is 3. The Balaban J connectivity index is 1.68. The van der Waals surface area contributed by atoms with Gasteiger partial charge in [0.25, 0.3) is 0 Å². The molecule has 0 spiro atoms. The summed E-state index contributed by atoms with van der Waals surface area (Å²) in [6, 6.07) is 17.7. The van der Waals surface area contributed by atoms with Crippen LogP contribution in [0.25, 0.3) is 0 Å². The number of carbonyl (C=O) groups excluding carboxylic acids is 1. The minimum absolute atomic E-state index is 0.0213. The number of aryl methyl sites for hydroxylation is 1. The van der Waals surface area contributed by atoms with Crippen LogP contribution in [0, 0.1) is 0 Å². The average molecular weight is 295 g/mol. The second-order valence-electron chi connectivity index (χ2n) is 5.82. The molecule has 0 bridgehead atoms. The summed E-state index contributed by atoms with van der Waals surface area (Å²) in [7, 11) is 0. The van der Waals surface area contributed by atoms with Crippen molar-refractivity contribution in [2.75, 3.05) is 6.54 Å². The van der Waals surface area contributed by atoms with Crippen LogP contribution in [0.1, 0.15) is 35.6 Å². The smallest absolute Gasteiger partial charge is 0.225 e. The average Bonchev–Trinajstić information content (AvgIpc) is 2.78. The fraction of sp³-hybridized carbons (Fsp3) is 0.316. The summed E-state index contributed by atoms with van der Waals surface area (Å²) in [5, 5.41) is 10.2. The molecule has 1 atom stereocenters. The Bertz CT molecular complexity index is 639. The summed E-state index contributed by atoms with van der Waals surface area (Å²) in [5.74, 6) is 0.0213. The standard InChI is InChI=1S/C19H21NO2/c21-18(16-8-2-1-3-9-16)13-19(22)20-12-6-11-15-7-4-5-10-17(15)14-20/h1-5,7-10,18,21H,6,11-14H2. The molecule has 0 saturated heterocycles. The second kappa shape index (κ2) is 6.75. The molecule has 1 aliphatic rings. The third-order valence-electron chi connectivity index (χ3n) is 4.26. The number of hydrogen-bond donors (Lipinski definition) is 1. The highest BCUT2D eigenvalue weighted by Crippen LogP contribution is 2.22. The van der Waals surface area contributed by atoms with E-state index in [0.29, 0.717) is 6.54 Å². The molecule has 3 nitrogen and oxygen atoms in total. The molecule has 2 aromatic rings. The van der Waals surface area contributed by atoms with Crippen molar-refractivity contribution >= 4 is 5.91 Å². The van der Waals surface area contributed by atoms with Crippen molar-refractivity contribution < 1.29 is 9.90 Å². The van der Waals surface area contributed by atoms with E-state index < -0.39 is 6.10 Å². The van der Waals surface area contributed by atoms with Crippen molar-refractivity contribution in [3.8, 4) is 0 Å². The molecule has 1 unspecified atom stereocenters. The van der Waals surface area contributed by atoms with Crippen molar-refractivity contribution in [2.24, 2.45) is 0 Å². The predicted molar refractivity (Wildman–Crippen MR) is 86.2 cm³/mol. The maximum Gasteiger partial charge on any atom is 0.225 e. The molecule has 114 valence electrons. The first-order valence-corrected chi connectivity index (χ1v) is 7.81. The summed E-state index contributed by atoms with van der Waals surface area (Å²) < 4.78 is 0. The van der Waals surface area contributed by atoms with Gasteiger partial charge in [0, 0.05) is 13.1 Å². The molecule has 1 amide bonds. The van der Waals surface area contributed by atoms with Gasteiger partial charge >= 0.3 is 0 Å². The third-order valence-corrected chi connectivity index (χ3v) is 4.26. The minimum Gasteiger partial charge on any atom is -0.388 e. The highest BCUT2D eigenvalue weighted by Gasteiger charge is 2.21. The number of amides is 1. The van der Waals surface area contributed by atoms with Crippen molar-refractivity contribution in [2.45, 2.75) is 31.9 Å². The molecule has 0 radical (unpaired) electrons. The number of aliphatic hydroxyl groups is 1. The Morgan fingerprint density at radius 1 is 1.05 bits per heavy atom. The van der Waals surface area contributed by atoms with Gasteiger partial charge in [-0.05, 0) is 29.5 Å². The lowest BCUT2D eigenvalue weighted by molar-refractivity contribution is -0.134. The van der Waals surface area contributed by atoms with Gasteiger partial charge in [-0.15, -0.1) is 0 Å². The van der Waals surface area contributed by atoms with Crippen LogP contribution in [0.15, 0.2) is 54.6 Å². The lowest BCUT2D eigenvalue weighted by Crippen LogP contribution is -2.31. The zero-order valence-electron chi connectivity index (χ0n) is 12.6. The largest absolute Gasteiger partial charge is 0.388 e. The number of hydrogen-bond acceptors (Lipinski definition) is 2. The lowest BCUT2D eigenvalue weighted by atomic mass is 10.0. The maximum atomic E-state index is 12.5. The normalized spacial score (nSPS) is 15.8. The highest BCUT2D eigenvalue weighted by atomic mass is 16.3. The molecule has 0 saturated carbocycles. The molecule has 0 fully saturated rings. The molecule has 1 N–H and O–H groups in total. The predicted octanol–water partition coefficient (Wildman–Crippen LogP) is 3.09. The van der Waals surface area contributed by atoms with Gasteiger partial charge in [0.05, 0.1) is 12.5 Å². The minimum atomic E-state index is -0.729. The van der Waals surface area contributed by atoms with Gasteiger partial charge in [-0.25, -0.2) is 0 Å². The third kappa shape index (κ3) is 3.37. The van der Waals surface area contributed by atoms with E-state index in [2.05, 4.69) is 18.2 Å². The molecule has 22 heavy (non-hydrogen) atoms. The quantitative estimate of drug-likeness (QED) is 0.945. The Morgan fingerprint density at radius 2 is 1.73 bits per heavy atom. The first-order valence-electron chi connectivity index (χ1n) is 7.81. The summed E-state index contributed by atoms with van der Waals surface area (Å²) in [4.78, 5) is 14.4. The summed E-state index contributed by atoms with van der Waals surface area (Å²) in [5.41, 5.74) is 3.36. The molecule has 3 heteroatoms. The van der Waals surface area contributed by atoms with Gasteiger partial charge in [0.1, 0.15) is 0 Å². The van der Waals surface area contributed by atoms with Gasteiger partial charge in [0.2, 0.25) is 5.91 Å². The highest BCUT2D eigenvalue weighted by molar-refractivity contribution is 5.77. The number of carbonyl (C=O) groups is 1. The van der Waals surface area contributed by atoms with E-state index in [1.54, 1.807) is 0 Å². The Hall–Kier alpha value is -2.13. The number of fused-ring (bicyclic) bond motifs is 1. The van der Waals surface area contributed by atoms with E-state index in [1.165, 1.54) is 11.1 Å². The van der Waals surface area contributed by atoms with E-state index in [-0.39, 0.29) is 12.3 Å². The van der Waals surface area contributed by atoms with E-state index in [4.69, 9.17) is 0 Å². The molecule has 0 aromatic heterocycles. The van der Waals surface area contributed by atoms with Gasteiger partial charge < -0.3 is 10.0 Å². The second-order valence-corrected chi connectivity index (χ2v) is 5.82. The van der Waals surface area contributed by atoms with Crippen molar-refractivity contribution in [3.63, 3.8) is 0 Å². The van der Waals surface area contributed by atoms with Crippen LogP contribution in [0.2, 0.25) is 0 Å². The topological polar surface area (TPSA) is 40.5 Å². The summed E-state index contributed by atoms with van der Waals surface area (Å²) >= 11 is 0.